The van der Waals surface area contributed by atoms with E-state index in [1.807, 2.05) is 0 Å². The zero-order chi connectivity index (χ0) is 14.9. The summed E-state index contributed by atoms with van der Waals surface area (Å²) in [4.78, 5) is 23.6. The van der Waals surface area contributed by atoms with Gasteiger partial charge in [0.05, 0.1) is 12.1 Å². The van der Waals surface area contributed by atoms with Gasteiger partial charge in [-0.25, -0.2) is 13.6 Å². The van der Waals surface area contributed by atoms with Gasteiger partial charge in [0.25, 0.3) is 0 Å². The van der Waals surface area contributed by atoms with Gasteiger partial charge in [0.15, 0.2) is 5.82 Å². The maximum atomic E-state index is 13.5. The Labute approximate surface area is 121 Å². The molecule has 8 heteroatoms. The van der Waals surface area contributed by atoms with E-state index in [0.717, 1.165) is 6.07 Å². The number of hydrogen-bond donors (Lipinski definition) is 2. The molecule has 1 saturated heterocycles. The Hall–Kier alpha value is -1.70. The SMILES string of the molecule is O=C(O)CC1CN(C(=O)Nc2c(F)cc(F)cc2Br)C1. The fourth-order valence-corrected chi connectivity index (χ4v) is 2.47. The van der Waals surface area contributed by atoms with Crippen LogP contribution in [0.15, 0.2) is 16.6 Å². The molecule has 1 fully saturated rings. The second-order valence-electron chi connectivity index (χ2n) is 4.54. The molecule has 0 bridgehead atoms. The molecule has 0 spiro atoms. The first-order valence-corrected chi connectivity index (χ1v) is 6.58. The highest BCUT2D eigenvalue weighted by molar-refractivity contribution is 9.10. The molecule has 20 heavy (non-hydrogen) atoms. The van der Waals surface area contributed by atoms with Gasteiger partial charge < -0.3 is 15.3 Å². The van der Waals surface area contributed by atoms with Crippen LogP contribution >= 0.6 is 15.9 Å². The number of hydrogen-bond acceptors (Lipinski definition) is 2. The van der Waals surface area contributed by atoms with Crippen molar-refractivity contribution in [3.05, 3.63) is 28.2 Å². The minimum absolute atomic E-state index is 0.00160. The van der Waals surface area contributed by atoms with Crippen molar-refractivity contribution in [3.63, 3.8) is 0 Å². The molecule has 1 aromatic carbocycles. The van der Waals surface area contributed by atoms with Gasteiger partial charge in [0.2, 0.25) is 0 Å². The normalized spacial score (nSPS) is 14.8. The van der Waals surface area contributed by atoms with Gasteiger partial charge in [0, 0.05) is 29.5 Å². The van der Waals surface area contributed by atoms with Crippen molar-refractivity contribution in [1.82, 2.24) is 4.90 Å². The monoisotopic (exact) mass is 348 g/mol. The number of carboxylic acid groups (broad SMARTS) is 1. The molecule has 1 heterocycles. The molecule has 2 rings (SSSR count). The average molecular weight is 349 g/mol. The van der Waals surface area contributed by atoms with E-state index in [4.69, 9.17) is 5.11 Å². The maximum absolute atomic E-state index is 13.5. The number of urea groups is 1. The number of aliphatic carboxylic acids is 1. The molecule has 0 aromatic heterocycles. The van der Waals surface area contributed by atoms with Crippen molar-refractivity contribution in [2.45, 2.75) is 6.42 Å². The largest absolute Gasteiger partial charge is 0.481 e. The van der Waals surface area contributed by atoms with Gasteiger partial charge in [-0.05, 0) is 22.0 Å². The third kappa shape index (κ3) is 3.24. The summed E-state index contributed by atoms with van der Waals surface area (Å²) in [7, 11) is 0. The minimum atomic E-state index is -0.914. The van der Waals surface area contributed by atoms with Crippen LogP contribution in [0.3, 0.4) is 0 Å². The molecule has 0 unspecified atom stereocenters. The van der Waals surface area contributed by atoms with Crippen LogP contribution in [0.2, 0.25) is 0 Å². The van der Waals surface area contributed by atoms with Gasteiger partial charge in [-0.1, -0.05) is 0 Å². The predicted octanol–water partition coefficient (Wildman–Crippen LogP) is 2.67. The number of carboxylic acids is 1. The van der Waals surface area contributed by atoms with E-state index in [2.05, 4.69) is 21.2 Å². The van der Waals surface area contributed by atoms with E-state index in [9.17, 15) is 18.4 Å². The van der Waals surface area contributed by atoms with Crippen LogP contribution in [-0.4, -0.2) is 35.1 Å². The molecule has 108 valence electrons. The highest BCUT2D eigenvalue weighted by Gasteiger charge is 2.32. The second kappa shape index (κ2) is 5.74. The number of carbonyl (C=O) groups is 2. The second-order valence-corrected chi connectivity index (χ2v) is 5.40. The number of halogens is 3. The van der Waals surface area contributed by atoms with Gasteiger partial charge >= 0.3 is 12.0 Å². The third-order valence-electron chi connectivity index (χ3n) is 2.95. The lowest BCUT2D eigenvalue weighted by molar-refractivity contribution is -0.139. The van der Waals surface area contributed by atoms with Crippen LogP contribution in [0, 0.1) is 17.6 Å². The van der Waals surface area contributed by atoms with Gasteiger partial charge in [-0.15, -0.1) is 0 Å². The topological polar surface area (TPSA) is 69.6 Å². The maximum Gasteiger partial charge on any atom is 0.321 e. The van der Waals surface area contributed by atoms with Gasteiger partial charge in [0.1, 0.15) is 5.82 Å². The number of nitrogens with one attached hydrogen (secondary N) is 1. The number of anilines is 1. The van der Waals surface area contributed by atoms with Crippen LogP contribution < -0.4 is 5.32 Å². The molecule has 2 amide bonds. The van der Waals surface area contributed by atoms with Gasteiger partial charge in [-0.2, -0.15) is 0 Å². The fraction of sp³-hybridized carbons (Fsp3) is 0.333. The quantitative estimate of drug-likeness (QED) is 0.882. The smallest absolute Gasteiger partial charge is 0.321 e. The van der Waals surface area contributed by atoms with E-state index in [0.29, 0.717) is 19.2 Å². The number of rotatable bonds is 3. The number of carbonyl (C=O) groups excluding carboxylic acids is 1. The summed E-state index contributed by atoms with van der Waals surface area (Å²) in [5.41, 5.74) is -0.141. The molecule has 1 aromatic rings. The summed E-state index contributed by atoms with van der Waals surface area (Å²) in [5.74, 6) is -2.63. The molecular weight excluding hydrogens is 338 g/mol. The summed E-state index contributed by atoms with van der Waals surface area (Å²) < 4.78 is 26.5. The first-order valence-electron chi connectivity index (χ1n) is 5.79. The minimum Gasteiger partial charge on any atom is -0.481 e. The zero-order valence-corrected chi connectivity index (χ0v) is 11.8. The molecule has 2 N–H and O–H groups in total. The van der Waals surface area contributed by atoms with Crippen molar-refractivity contribution < 1.29 is 23.5 Å². The van der Waals surface area contributed by atoms with Gasteiger partial charge in [-0.3, -0.25) is 4.79 Å². The zero-order valence-electron chi connectivity index (χ0n) is 10.2. The van der Waals surface area contributed by atoms with Crippen molar-refractivity contribution in [2.24, 2.45) is 5.92 Å². The van der Waals surface area contributed by atoms with Crippen LogP contribution in [0.4, 0.5) is 19.3 Å². The molecule has 0 saturated carbocycles. The van der Waals surface area contributed by atoms with Crippen molar-refractivity contribution in [1.29, 1.82) is 0 Å². The Morgan fingerprint density at radius 1 is 1.40 bits per heavy atom. The Morgan fingerprint density at radius 3 is 2.60 bits per heavy atom. The number of likely N-dealkylation sites (tertiary alicyclic amines) is 1. The number of amides is 2. The molecule has 5 nitrogen and oxygen atoms in total. The highest BCUT2D eigenvalue weighted by Crippen LogP contribution is 2.28. The molecule has 1 aliphatic rings. The summed E-state index contributed by atoms with van der Waals surface area (Å²) in [6, 6.07) is 1.17. The summed E-state index contributed by atoms with van der Waals surface area (Å²) >= 11 is 2.97. The third-order valence-corrected chi connectivity index (χ3v) is 3.57. The van der Waals surface area contributed by atoms with Crippen LogP contribution in [-0.2, 0) is 4.79 Å². The van der Waals surface area contributed by atoms with E-state index < -0.39 is 23.6 Å². The lowest BCUT2D eigenvalue weighted by Gasteiger charge is -2.38. The average Bonchev–Trinajstić information content (AvgIpc) is 2.27. The Bertz CT molecular complexity index is 539. The molecule has 1 aliphatic heterocycles. The Kier molecular flexibility index (Phi) is 4.22. The fourth-order valence-electron chi connectivity index (χ4n) is 1.96. The molecule has 0 atom stereocenters. The highest BCUT2D eigenvalue weighted by atomic mass is 79.9. The van der Waals surface area contributed by atoms with Crippen LogP contribution in [0.1, 0.15) is 6.42 Å². The van der Waals surface area contributed by atoms with Crippen molar-refractivity contribution in [2.75, 3.05) is 18.4 Å². The summed E-state index contributed by atoms with van der Waals surface area (Å²) in [5, 5.41) is 10.9. The van der Waals surface area contributed by atoms with Crippen LogP contribution in [0.25, 0.3) is 0 Å². The van der Waals surface area contributed by atoms with E-state index >= 15 is 0 Å². The van der Waals surface area contributed by atoms with Crippen LogP contribution in [0.5, 0.6) is 0 Å². The van der Waals surface area contributed by atoms with Crippen molar-refractivity contribution >= 4 is 33.6 Å². The number of nitrogens with zero attached hydrogens (tertiary/aromatic N) is 1. The molecular formula is C12H11BrF2N2O3. The van der Waals surface area contributed by atoms with E-state index in [-0.39, 0.29) is 22.5 Å². The Morgan fingerprint density at radius 2 is 2.05 bits per heavy atom. The Balaban J connectivity index is 1.95. The summed E-state index contributed by atoms with van der Waals surface area (Å²) in [6.07, 6.45) is -0.00160. The lowest BCUT2D eigenvalue weighted by Crippen LogP contribution is -2.52. The summed E-state index contributed by atoms with van der Waals surface area (Å²) in [6.45, 7) is 0.608. The standard InChI is InChI=1S/C12H11BrF2N2O3/c13-8-2-7(14)3-9(15)11(8)16-12(20)17-4-6(5-17)1-10(18)19/h2-3,6H,1,4-5H2,(H,16,20)(H,18,19). The predicted molar refractivity (Wildman–Crippen MR) is 70.4 cm³/mol. The first-order chi connectivity index (χ1) is 9.36. The van der Waals surface area contributed by atoms with Crippen molar-refractivity contribution in [3.8, 4) is 0 Å². The first kappa shape index (κ1) is 14.7. The van der Waals surface area contributed by atoms with E-state index in [1.54, 1.807) is 0 Å². The lowest BCUT2D eigenvalue weighted by atomic mass is 9.97. The molecule has 0 radical (unpaired) electrons. The molecule has 0 aliphatic carbocycles. The van der Waals surface area contributed by atoms with E-state index in [1.165, 1.54) is 4.90 Å². The number of benzene rings is 1.